The molecule has 1 aliphatic heterocycles. The van der Waals surface area contributed by atoms with E-state index in [1.807, 2.05) is 13.8 Å². The van der Waals surface area contributed by atoms with Crippen LogP contribution in [0.4, 0.5) is 4.39 Å². The number of nitrogens with one attached hydrogen (secondary N) is 1. The van der Waals surface area contributed by atoms with Crippen LogP contribution < -0.4 is 11.2 Å². The Labute approximate surface area is 159 Å². The fraction of sp³-hybridized carbons (Fsp3) is 0.300. The number of ether oxygens (including phenoxy) is 1. The summed E-state index contributed by atoms with van der Waals surface area (Å²) >= 11 is 1.58. The number of benzene rings is 2. The van der Waals surface area contributed by atoms with Crippen LogP contribution in [0, 0.1) is 12.7 Å². The number of rotatable bonds is 3. The quantitative estimate of drug-likeness (QED) is 0.750. The van der Waals surface area contributed by atoms with E-state index in [-0.39, 0.29) is 11.9 Å². The van der Waals surface area contributed by atoms with Gasteiger partial charge in [-0.25, -0.2) is 9.18 Å². The number of aryl methyl sites for hydroxylation is 1. The highest BCUT2D eigenvalue weighted by atomic mass is 32.2. The van der Waals surface area contributed by atoms with E-state index in [2.05, 4.69) is 4.98 Å². The Balaban J connectivity index is 2.07. The predicted molar refractivity (Wildman–Crippen MR) is 105 cm³/mol. The summed E-state index contributed by atoms with van der Waals surface area (Å²) in [6.07, 6.45) is -0.138. The lowest BCUT2D eigenvalue weighted by Crippen LogP contribution is -2.34. The molecule has 27 heavy (non-hydrogen) atoms. The maximum atomic E-state index is 13.4. The molecule has 1 N–H and O–H groups in total. The number of hydrogen-bond acceptors (Lipinski definition) is 4. The standard InChI is InChI=1S/C20H19FN2O3S/c1-3-26-14-9-23-17-15(19(24)22-20(23)25)8-11(2)16(18(17)27-10-14)12-4-6-13(21)7-5-12/h4-8,14H,3,9-10H2,1-2H3,(H,22,24,25)/t14-/m0/s1. The Morgan fingerprint density at radius 2 is 2.04 bits per heavy atom. The fourth-order valence-corrected chi connectivity index (χ4v) is 4.94. The molecule has 140 valence electrons. The van der Waals surface area contributed by atoms with E-state index < -0.39 is 11.2 Å². The summed E-state index contributed by atoms with van der Waals surface area (Å²) in [5.74, 6) is 0.357. The summed E-state index contributed by atoms with van der Waals surface area (Å²) < 4.78 is 20.8. The van der Waals surface area contributed by atoms with E-state index in [0.29, 0.717) is 29.8 Å². The Kier molecular flexibility index (Phi) is 4.65. The second-order valence-electron chi connectivity index (χ2n) is 6.56. The molecule has 0 amide bonds. The zero-order chi connectivity index (χ0) is 19.1. The summed E-state index contributed by atoms with van der Waals surface area (Å²) in [6.45, 7) is 4.77. The van der Waals surface area contributed by atoms with Crippen LogP contribution in [0.5, 0.6) is 0 Å². The first-order valence-electron chi connectivity index (χ1n) is 8.80. The molecule has 0 saturated heterocycles. The number of nitrogens with zero attached hydrogens (tertiary/aromatic N) is 1. The number of halogens is 1. The third kappa shape index (κ3) is 3.11. The maximum absolute atomic E-state index is 13.4. The average molecular weight is 386 g/mol. The molecular formula is C20H19FN2O3S. The number of thioether (sulfide) groups is 1. The van der Waals surface area contributed by atoms with E-state index in [1.165, 1.54) is 12.1 Å². The smallest absolute Gasteiger partial charge is 0.328 e. The molecule has 4 rings (SSSR count). The van der Waals surface area contributed by atoms with Crippen molar-refractivity contribution in [2.75, 3.05) is 12.4 Å². The first kappa shape index (κ1) is 18.0. The lowest BCUT2D eigenvalue weighted by atomic mass is 9.98. The van der Waals surface area contributed by atoms with E-state index in [9.17, 15) is 14.0 Å². The van der Waals surface area contributed by atoms with Crippen molar-refractivity contribution in [2.45, 2.75) is 31.4 Å². The second kappa shape index (κ2) is 6.98. The van der Waals surface area contributed by atoms with Gasteiger partial charge >= 0.3 is 5.69 Å². The van der Waals surface area contributed by atoms with Crippen LogP contribution in [-0.2, 0) is 11.3 Å². The van der Waals surface area contributed by atoms with Gasteiger partial charge in [-0.05, 0) is 43.2 Å². The van der Waals surface area contributed by atoms with E-state index in [1.54, 1.807) is 34.5 Å². The van der Waals surface area contributed by atoms with Crippen LogP contribution in [-0.4, -0.2) is 28.0 Å². The minimum Gasteiger partial charge on any atom is -0.376 e. The second-order valence-corrected chi connectivity index (χ2v) is 7.59. The van der Waals surface area contributed by atoms with Gasteiger partial charge in [0, 0.05) is 22.8 Å². The monoisotopic (exact) mass is 386 g/mol. The topological polar surface area (TPSA) is 64.1 Å². The zero-order valence-electron chi connectivity index (χ0n) is 15.0. The van der Waals surface area contributed by atoms with Crippen LogP contribution in [0.25, 0.3) is 22.0 Å². The van der Waals surface area contributed by atoms with E-state index in [4.69, 9.17) is 4.74 Å². The van der Waals surface area contributed by atoms with Gasteiger partial charge in [0.15, 0.2) is 0 Å². The first-order valence-corrected chi connectivity index (χ1v) is 9.79. The van der Waals surface area contributed by atoms with E-state index in [0.717, 1.165) is 21.6 Å². The normalized spacial score (nSPS) is 16.5. The number of aromatic nitrogens is 2. The molecule has 2 heterocycles. The molecule has 3 aromatic rings. The molecule has 7 heteroatoms. The molecule has 1 aromatic heterocycles. The van der Waals surface area contributed by atoms with Crippen molar-refractivity contribution in [1.29, 1.82) is 0 Å². The Morgan fingerprint density at radius 1 is 1.30 bits per heavy atom. The van der Waals surface area contributed by atoms with Crippen LogP contribution in [0.2, 0.25) is 0 Å². The van der Waals surface area contributed by atoms with Crippen molar-refractivity contribution in [1.82, 2.24) is 9.55 Å². The van der Waals surface area contributed by atoms with Gasteiger partial charge in [-0.15, -0.1) is 11.8 Å². The zero-order valence-corrected chi connectivity index (χ0v) is 15.9. The highest BCUT2D eigenvalue weighted by Crippen LogP contribution is 2.40. The van der Waals surface area contributed by atoms with Gasteiger partial charge in [0.05, 0.1) is 23.6 Å². The lowest BCUT2D eigenvalue weighted by Gasteiger charge is -2.16. The van der Waals surface area contributed by atoms with Crippen molar-refractivity contribution in [3.05, 3.63) is 62.6 Å². The molecule has 0 radical (unpaired) electrons. The van der Waals surface area contributed by atoms with Crippen molar-refractivity contribution in [3.63, 3.8) is 0 Å². The first-order chi connectivity index (χ1) is 13.0. The Bertz CT molecular complexity index is 1140. The third-order valence-corrected chi connectivity index (χ3v) is 5.99. The maximum Gasteiger partial charge on any atom is 0.328 e. The predicted octanol–water partition coefficient (Wildman–Crippen LogP) is 3.32. The van der Waals surface area contributed by atoms with Gasteiger partial charge in [0.2, 0.25) is 0 Å². The molecule has 0 spiro atoms. The van der Waals surface area contributed by atoms with Gasteiger partial charge in [0.25, 0.3) is 5.56 Å². The number of H-pyrrole nitrogens is 1. The third-order valence-electron chi connectivity index (χ3n) is 4.77. The summed E-state index contributed by atoms with van der Waals surface area (Å²) in [5.41, 5.74) is 2.48. The summed E-state index contributed by atoms with van der Waals surface area (Å²) in [6, 6.07) is 8.08. The highest BCUT2D eigenvalue weighted by Gasteiger charge is 2.25. The highest BCUT2D eigenvalue weighted by molar-refractivity contribution is 7.99. The Morgan fingerprint density at radius 3 is 2.74 bits per heavy atom. The molecule has 1 aliphatic rings. The molecule has 0 aliphatic carbocycles. The summed E-state index contributed by atoms with van der Waals surface area (Å²) in [7, 11) is 0. The van der Waals surface area contributed by atoms with Gasteiger partial charge in [-0.3, -0.25) is 14.3 Å². The molecule has 0 saturated carbocycles. The average Bonchev–Trinajstić information content (AvgIpc) is 2.82. The molecule has 0 bridgehead atoms. The molecular weight excluding hydrogens is 367 g/mol. The minimum absolute atomic E-state index is 0.138. The Hall–Kier alpha value is -2.38. The lowest BCUT2D eigenvalue weighted by molar-refractivity contribution is 0.0677. The van der Waals surface area contributed by atoms with Crippen molar-refractivity contribution < 1.29 is 9.13 Å². The number of aromatic amines is 1. The van der Waals surface area contributed by atoms with Gasteiger partial charge in [0.1, 0.15) is 5.82 Å². The molecule has 0 fully saturated rings. The molecule has 0 unspecified atom stereocenters. The molecule has 2 aromatic carbocycles. The van der Waals surface area contributed by atoms with Crippen LogP contribution >= 0.6 is 11.8 Å². The van der Waals surface area contributed by atoms with Crippen molar-refractivity contribution >= 4 is 22.7 Å². The van der Waals surface area contributed by atoms with Gasteiger partial charge in [-0.2, -0.15) is 0 Å². The number of hydrogen-bond donors (Lipinski definition) is 1. The SMILES string of the molecule is CCO[C@@H]1CSc2c(-c3ccc(F)cc3)c(C)cc3c(=O)[nH]c(=O)n(c23)C1. The van der Waals surface area contributed by atoms with Crippen molar-refractivity contribution in [3.8, 4) is 11.1 Å². The van der Waals surface area contributed by atoms with Crippen molar-refractivity contribution in [2.24, 2.45) is 0 Å². The van der Waals surface area contributed by atoms with Crippen LogP contribution in [0.15, 0.2) is 44.8 Å². The minimum atomic E-state index is -0.435. The fourth-order valence-electron chi connectivity index (χ4n) is 3.61. The largest absolute Gasteiger partial charge is 0.376 e. The summed E-state index contributed by atoms with van der Waals surface area (Å²) in [5, 5.41) is 0.484. The van der Waals surface area contributed by atoms with Crippen LogP contribution in [0.3, 0.4) is 0 Å². The van der Waals surface area contributed by atoms with E-state index >= 15 is 0 Å². The summed E-state index contributed by atoms with van der Waals surface area (Å²) in [4.78, 5) is 28.3. The van der Waals surface area contributed by atoms with Gasteiger partial charge in [-0.1, -0.05) is 12.1 Å². The molecule has 1 atom stereocenters. The van der Waals surface area contributed by atoms with Gasteiger partial charge < -0.3 is 4.74 Å². The van der Waals surface area contributed by atoms with Crippen LogP contribution in [0.1, 0.15) is 12.5 Å². The molecule has 5 nitrogen and oxygen atoms in total.